The third-order valence-corrected chi connectivity index (χ3v) is 2.85. The summed E-state index contributed by atoms with van der Waals surface area (Å²) in [5.41, 5.74) is 2.15. The average molecular weight is 229 g/mol. The van der Waals surface area contributed by atoms with E-state index in [1.807, 2.05) is 26.0 Å². The van der Waals surface area contributed by atoms with Crippen LogP contribution in [0.5, 0.6) is 0 Å². The number of nitrogens with one attached hydrogen (secondary N) is 1. The van der Waals surface area contributed by atoms with Crippen molar-refractivity contribution in [2.24, 2.45) is 0 Å². The molecule has 1 atom stereocenters. The minimum Gasteiger partial charge on any atom is -0.325 e. The maximum atomic E-state index is 11.7. The number of H-pyrrole nitrogens is 1. The van der Waals surface area contributed by atoms with Gasteiger partial charge in [-0.15, -0.1) is 0 Å². The molecule has 2 rings (SSSR count). The van der Waals surface area contributed by atoms with Crippen LogP contribution in [0.25, 0.3) is 11.3 Å². The highest BCUT2D eigenvalue weighted by Gasteiger charge is 2.11. The van der Waals surface area contributed by atoms with E-state index in [9.17, 15) is 4.79 Å². The fourth-order valence-electron chi connectivity index (χ4n) is 1.61. The summed E-state index contributed by atoms with van der Waals surface area (Å²) >= 11 is 0. The maximum absolute atomic E-state index is 11.7. The molecule has 2 heterocycles. The summed E-state index contributed by atoms with van der Waals surface area (Å²) in [6, 6.07) is 3.78. The van der Waals surface area contributed by atoms with E-state index in [2.05, 4.69) is 15.0 Å². The van der Waals surface area contributed by atoms with Crippen molar-refractivity contribution in [1.82, 2.24) is 15.0 Å². The van der Waals surface area contributed by atoms with Gasteiger partial charge in [-0.3, -0.25) is 9.78 Å². The van der Waals surface area contributed by atoms with Crippen LogP contribution < -0.4 is 5.56 Å². The van der Waals surface area contributed by atoms with Crippen molar-refractivity contribution in [2.75, 3.05) is 0 Å². The van der Waals surface area contributed by atoms with Gasteiger partial charge in [0.15, 0.2) is 0 Å². The molecule has 0 spiro atoms. The molecular weight excluding hydrogens is 214 g/mol. The van der Waals surface area contributed by atoms with Crippen molar-refractivity contribution < 1.29 is 0 Å². The highest BCUT2D eigenvalue weighted by Crippen LogP contribution is 2.17. The largest absolute Gasteiger partial charge is 0.325 e. The lowest BCUT2D eigenvalue weighted by molar-refractivity contribution is 0.695. The van der Waals surface area contributed by atoms with Crippen LogP contribution in [0.2, 0.25) is 0 Å². The van der Waals surface area contributed by atoms with Crippen LogP contribution in [-0.4, -0.2) is 15.0 Å². The molecule has 0 saturated carbocycles. The highest BCUT2D eigenvalue weighted by molar-refractivity contribution is 5.56. The molecule has 17 heavy (non-hydrogen) atoms. The molecule has 2 aromatic rings. The van der Waals surface area contributed by atoms with E-state index in [1.165, 1.54) is 0 Å². The van der Waals surface area contributed by atoms with E-state index in [-0.39, 0.29) is 11.5 Å². The predicted octanol–water partition coefficient (Wildman–Crippen LogP) is 2.35. The van der Waals surface area contributed by atoms with Gasteiger partial charge in [0.2, 0.25) is 0 Å². The summed E-state index contributed by atoms with van der Waals surface area (Å²) in [7, 11) is 0. The molecule has 0 amide bonds. The predicted molar refractivity (Wildman–Crippen MR) is 66.8 cm³/mol. The van der Waals surface area contributed by atoms with Crippen LogP contribution in [0.4, 0.5) is 0 Å². The second-order valence-electron chi connectivity index (χ2n) is 4.05. The second kappa shape index (κ2) is 4.91. The van der Waals surface area contributed by atoms with Gasteiger partial charge in [-0.05, 0) is 18.6 Å². The molecule has 0 aliphatic carbocycles. The first kappa shape index (κ1) is 11.5. The lowest BCUT2D eigenvalue weighted by Gasteiger charge is -2.08. The van der Waals surface area contributed by atoms with Crippen molar-refractivity contribution in [3.05, 3.63) is 46.8 Å². The zero-order valence-corrected chi connectivity index (χ0v) is 9.97. The minimum atomic E-state index is -0.105. The Labute approximate surface area is 99.8 Å². The molecule has 0 aliphatic rings. The minimum absolute atomic E-state index is 0.105. The standard InChI is InChI=1S/C13H15N3O/c1-3-9(2)12-13(17)15-8-11(16-12)10-5-4-6-14-7-10/h4-9H,3H2,1-2H3,(H,15,17). The number of aromatic nitrogens is 3. The molecule has 4 heteroatoms. The first-order valence-corrected chi connectivity index (χ1v) is 5.72. The topological polar surface area (TPSA) is 58.6 Å². The van der Waals surface area contributed by atoms with E-state index >= 15 is 0 Å². The molecule has 1 unspecified atom stereocenters. The maximum Gasteiger partial charge on any atom is 0.269 e. The fourth-order valence-corrected chi connectivity index (χ4v) is 1.61. The van der Waals surface area contributed by atoms with Crippen LogP contribution >= 0.6 is 0 Å². The van der Waals surface area contributed by atoms with Gasteiger partial charge in [0.25, 0.3) is 5.56 Å². The van der Waals surface area contributed by atoms with Crippen LogP contribution in [0.1, 0.15) is 31.9 Å². The number of rotatable bonds is 3. The molecule has 0 saturated heterocycles. The first-order valence-electron chi connectivity index (χ1n) is 5.72. The normalized spacial score (nSPS) is 12.4. The van der Waals surface area contributed by atoms with E-state index < -0.39 is 0 Å². The van der Waals surface area contributed by atoms with E-state index in [1.54, 1.807) is 18.6 Å². The van der Waals surface area contributed by atoms with Gasteiger partial charge < -0.3 is 4.98 Å². The smallest absolute Gasteiger partial charge is 0.269 e. The summed E-state index contributed by atoms with van der Waals surface area (Å²) in [4.78, 5) is 22.9. The monoisotopic (exact) mass is 229 g/mol. The van der Waals surface area contributed by atoms with Gasteiger partial charge in [-0.2, -0.15) is 0 Å². The van der Waals surface area contributed by atoms with Gasteiger partial charge in [-0.25, -0.2) is 4.98 Å². The van der Waals surface area contributed by atoms with Crippen molar-refractivity contribution >= 4 is 0 Å². The van der Waals surface area contributed by atoms with E-state index in [0.29, 0.717) is 5.69 Å². The molecule has 2 aromatic heterocycles. The second-order valence-corrected chi connectivity index (χ2v) is 4.05. The Bertz CT molecular complexity index is 548. The third-order valence-electron chi connectivity index (χ3n) is 2.85. The van der Waals surface area contributed by atoms with Crippen LogP contribution in [0.3, 0.4) is 0 Å². The van der Waals surface area contributed by atoms with Crippen molar-refractivity contribution in [3.8, 4) is 11.3 Å². The van der Waals surface area contributed by atoms with Crippen LogP contribution in [-0.2, 0) is 0 Å². The van der Waals surface area contributed by atoms with Crippen LogP contribution in [0, 0.1) is 0 Å². The Morgan fingerprint density at radius 1 is 1.47 bits per heavy atom. The Hall–Kier alpha value is -1.97. The average Bonchev–Trinajstić information content (AvgIpc) is 2.39. The molecule has 0 aromatic carbocycles. The first-order chi connectivity index (χ1) is 8.22. The summed E-state index contributed by atoms with van der Waals surface area (Å²) in [5.74, 6) is 0.162. The zero-order valence-electron chi connectivity index (χ0n) is 9.97. The fraction of sp³-hybridized carbons (Fsp3) is 0.308. The van der Waals surface area contributed by atoms with Crippen molar-refractivity contribution in [2.45, 2.75) is 26.2 Å². The Morgan fingerprint density at radius 2 is 2.29 bits per heavy atom. The van der Waals surface area contributed by atoms with Crippen molar-refractivity contribution in [3.63, 3.8) is 0 Å². The molecule has 0 bridgehead atoms. The number of pyridine rings is 1. The highest BCUT2D eigenvalue weighted by atomic mass is 16.1. The van der Waals surface area contributed by atoms with Crippen LogP contribution in [0.15, 0.2) is 35.5 Å². The van der Waals surface area contributed by atoms with Gasteiger partial charge >= 0.3 is 0 Å². The molecule has 0 aliphatic heterocycles. The lowest BCUT2D eigenvalue weighted by atomic mass is 10.1. The SMILES string of the molecule is CCC(C)c1nc(-c2cccnc2)c[nH]c1=O. The number of aromatic amines is 1. The van der Waals surface area contributed by atoms with Gasteiger partial charge in [0.1, 0.15) is 5.69 Å². The van der Waals surface area contributed by atoms with E-state index in [0.717, 1.165) is 17.7 Å². The third kappa shape index (κ3) is 2.41. The van der Waals surface area contributed by atoms with Gasteiger partial charge in [0.05, 0.1) is 5.69 Å². The van der Waals surface area contributed by atoms with Crippen molar-refractivity contribution in [1.29, 1.82) is 0 Å². The number of hydrogen-bond donors (Lipinski definition) is 1. The number of nitrogens with zero attached hydrogens (tertiary/aromatic N) is 2. The summed E-state index contributed by atoms with van der Waals surface area (Å²) in [6.45, 7) is 4.05. The summed E-state index contributed by atoms with van der Waals surface area (Å²) < 4.78 is 0. The molecule has 1 N–H and O–H groups in total. The molecule has 4 nitrogen and oxygen atoms in total. The Balaban J connectivity index is 2.48. The van der Waals surface area contributed by atoms with Gasteiger partial charge in [0, 0.05) is 30.1 Å². The quantitative estimate of drug-likeness (QED) is 0.878. The Morgan fingerprint density at radius 3 is 2.94 bits per heavy atom. The number of hydrogen-bond acceptors (Lipinski definition) is 3. The summed E-state index contributed by atoms with van der Waals surface area (Å²) in [6.07, 6.45) is 5.98. The zero-order chi connectivity index (χ0) is 12.3. The van der Waals surface area contributed by atoms with Gasteiger partial charge in [-0.1, -0.05) is 13.8 Å². The molecule has 0 fully saturated rings. The molecule has 88 valence electrons. The van der Waals surface area contributed by atoms with E-state index in [4.69, 9.17) is 0 Å². The molecule has 0 radical (unpaired) electrons. The molecular formula is C13H15N3O. The lowest BCUT2D eigenvalue weighted by Crippen LogP contribution is -2.17. The summed E-state index contributed by atoms with van der Waals surface area (Å²) in [5, 5.41) is 0. The Kier molecular flexibility index (Phi) is 3.32.